The van der Waals surface area contributed by atoms with Crippen LogP contribution in [0.15, 0.2) is 6.07 Å². The molecule has 1 aromatic rings. The SMILES string of the molecule is NC1(c2cc(F)c(F)c(Cl)c2O)CC1. The molecular formula is C9H8ClF2NO. The summed E-state index contributed by atoms with van der Waals surface area (Å²) in [7, 11) is 0. The zero-order valence-electron chi connectivity index (χ0n) is 7.15. The highest BCUT2D eigenvalue weighted by atomic mass is 35.5. The molecule has 0 bridgehead atoms. The highest BCUT2D eigenvalue weighted by Crippen LogP contribution is 2.48. The summed E-state index contributed by atoms with van der Waals surface area (Å²) in [6.07, 6.45) is 1.28. The van der Waals surface area contributed by atoms with E-state index >= 15 is 0 Å². The molecular weight excluding hydrogens is 212 g/mol. The monoisotopic (exact) mass is 219 g/mol. The van der Waals surface area contributed by atoms with E-state index in [0.717, 1.165) is 6.07 Å². The first-order valence-corrected chi connectivity index (χ1v) is 4.49. The van der Waals surface area contributed by atoms with E-state index in [4.69, 9.17) is 17.3 Å². The molecule has 0 aromatic heterocycles. The maximum absolute atomic E-state index is 13.0. The second-order valence-corrected chi connectivity index (χ2v) is 3.92. The molecule has 76 valence electrons. The number of nitrogens with two attached hydrogens (primary N) is 1. The van der Waals surface area contributed by atoms with Crippen LogP contribution in [0.5, 0.6) is 5.75 Å². The Morgan fingerprint density at radius 1 is 1.43 bits per heavy atom. The first-order chi connectivity index (χ1) is 6.46. The predicted molar refractivity (Wildman–Crippen MR) is 48.1 cm³/mol. The first-order valence-electron chi connectivity index (χ1n) is 4.11. The zero-order chi connectivity index (χ0) is 10.5. The molecule has 0 atom stereocenters. The molecule has 5 heteroatoms. The highest BCUT2D eigenvalue weighted by molar-refractivity contribution is 6.32. The van der Waals surface area contributed by atoms with Gasteiger partial charge in [-0.05, 0) is 18.9 Å². The number of aromatic hydroxyl groups is 1. The van der Waals surface area contributed by atoms with Gasteiger partial charge in [0.2, 0.25) is 0 Å². The van der Waals surface area contributed by atoms with Gasteiger partial charge in [-0.25, -0.2) is 8.78 Å². The topological polar surface area (TPSA) is 46.2 Å². The van der Waals surface area contributed by atoms with Gasteiger partial charge in [0, 0.05) is 11.1 Å². The standard InChI is InChI=1S/C9H8ClF2NO/c10-6-7(12)5(11)3-4(8(6)14)9(13)1-2-9/h3,14H,1-2,13H2. The van der Waals surface area contributed by atoms with Crippen molar-refractivity contribution in [3.63, 3.8) is 0 Å². The fourth-order valence-electron chi connectivity index (χ4n) is 1.37. The van der Waals surface area contributed by atoms with Gasteiger partial charge in [0.15, 0.2) is 11.6 Å². The normalized spacial score (nSPS) is 18.3. The first kappa shape index (κ1) is 9.68. The van der Waals surface area contributed by atoms with Crippen molar-refractivity contribution >= 4 is 11.6 Å². The maximum atomic E-state index is 13.0. The van der Waals surface area contributed by atoms with Crippen LogP contribution in [0.4, 0.5) is 8.78 Å². The molecule has 0 saturated heterocycles. The smallest absolute Gasteiger partial charge is 0.181 e. The number of rotatable bonds is 1. The van der Waals surface area contributed by atoms with E-state index in [9.17, 15) is 13.9 Å². The minimum atomic E-state index is -1.24. The molecule has 1 fully saturated rings. The number of hydrogen-bond acceptors (Lipinski definition) is 2. The third kappa shape index (κ3) is 1.26. The number of phenolic OH excluding ortho intramolecular Hbond substituents is 1. The molecule has 3 N–H and O–H groups in total. The average molecular weight is 220 g/mol. The summed E-state index contributed by atoms with van der Waals surface area (Å²) >= 11 is 5.40. The van der Waals surface area contributed by atoms with Crippen LogP contribution < -0.4 is 5.73 Å². The van der Waals surface area contributed by atoms with Gasteiger partial charge in [-0.2, -0.15) is 0 Å². The van der Waals surface area contributed by atoms with Crippen LogP contribution in [0.2, 0.25) is 5.02 Å². The molecule has 1 aliphatic rings. The second kappa shape index (κ2) is 2.81. The molecule has 0 unspecified atom stereocenters. The lowest BCUT2D eigenvalue weighted by molar-refractivity contribution is 0.440. The summed E-state index contributed by atoms with van der Waals surface area (Å²) in [5, 5.41) is 8.86. The van der Waals surface area contributed by atoms with Gasteiger partial charge >= 0.3 is 0 Å². The Labute approximate surface area is 84.3 Å². The van der Waals surface area contributed by atoms with Gasteiger partial charge in [0.1, 0.15) is 10.8 Å². The van der Waals surface area contributed by atoms with E-state index < -0.39 is 27.9 Å². The Morgan fingerprint density at radius 2 is 2.00 bits per heavy atom. The number of phenols is 1. The summed E-state index contributed by atoms with van der Waals surface area (Å²) in [5.41, 5.74) is 5.20. The lowest BCUT2D eigenvalue weighted by Crippen LogP contribution is -2.19. The van der Waals surface area contributed by atoms with Crippen molar-refractivity contribution in [2.24, 2.45) is 5.73 Å². The molecule has 2 nitrogen and oxygen atoms in total. The van der Waals surface area contributed by atoms with E-state index in [1.807, 2.05) is 0 Å². The third-order valence-corrected chi connectivity index (χ3v) is 2.81. The van der Waals surface area contributed by atoms with Crippen molar-refractivity contribution in [3.8, 4) is 5.75 Å². The highest BCUT2D eigenvalue weighted by Gasteiger charge is 2.43. The summed E-state index contributed by atoms with van der Waals surface area (Å²) in [6, 6.07) is 0.906. The molecule has 1 aromatic carbocycles. The molecule has 1 saturated carbocycles. The van der Waals surface area contributed by atoms with Crippen molar-refractivity contribution in [3.05, 3.63) is 28.3 Å². The Morgan fingerprint density at radius 3 is 2.50 bits per heavy atom. The lowest BCUT2D eigenvalue weighted by Gasteiger charge is -2.13. The van der Waals surface area contributed by atoms with Crippen molar-refractivity contribution in [1.82, 2.24) is 0 Å². The molecule has 0 radical (unpaired) electrons. The van der Waals surface area contributed by atoms with Crippen molar-refractivity contribution in [2.75, 3.05) is 0 Å². The zero-order valence-corrected chi connectivity index (χ0v) is 7.91. The van der Waals surface area contributed by atoms with Gasteiger partial charge in [-0.3, -0.25) is 0 Å². The van der Waals surface area contributed by atoms with Crippen LogP contribution in [-0.4, -0.2) is 5.11 Å². The molecule has 0 heterocycles. The Hall–Kier alpha value is -0.870. The van der Waals surface area contributed by atoms with E-state index in [1.165, 1.54) is 0 Å². The summed E-state index contributed by atoms with van der Waals surface area (Å²) in [6.45, 7) is 0. The minimum Gasteiger partial charge on any atom is -0.506 e. The van der Waals surface area contributed by atoms with Gasteiger partial charge in [-0.15, -0.1) is 0 Å². The van der Waals surface area contributed by atoms with Crippen LogP contribution in [0.25, 0.3) is 0 Å². The molecule has 0 aliphatic heterocycles. The fraction of sp³-hybridized carbons (Fsp3) is 0.333. The van der Waals surface area contributed by atoms with E-state index in [-0.39, 0.29) is 5.56 Å². The minimum absolute atomic E-state index is 0.182. The molecule has 14 heavy (non-hydrogen) atoms. The predicted octanol–water partition coefficient (Wildman–Crippen LogP) is 2.27. The summed E-state index contributed by atoms with van der Waals surface area (Å²) < 4.78 is 25.8. The Kier molecular flexibility index (Phi) is 1.94. The average Bonchev–Trinajstić information content (AvgIpc) is 2.87. The summed E-state index contributed by atoms with van der Waals surface area (Å²) in [4.78, 5) is 0. The molecule has 0 amide bonds. The van der Waals surface area contributed by atoms with Gasteiger partial charge < -0.3 is 10.8 Å². The maximum Gasteiger partial charge on any atom is 0.181 e. The number of hydrogen-bond donors (Lipinski definition) is 2. The number of benzene rings is 1. The lowest BCUT2D eigenvalue weighted by atomic mass is 10.0. The van der Waals surface area contributed by atoms with Crippen molar-refractivity contribution in [2.45, 2.75) is 18.4 Å². The van der Waals surface area contributed by atoms with E-state index in [2.05, 4.69) is 0 Å². The Balaban J connectivity index is 2.62. The van der Waals surface area contributed by atoms with Crippen LogP contribution in [0, 0.1) is 11.6 Å². The van der Waals surface area contributed by atoms with Crippen LogP contribution in [0.3, 0.4) is 0 Å². The fourth-order valence-corrected chi connectivity index (χ4v) is 1.56. The Bertz CT molecular complexity index is 404. The largest absolute Gasteiger partial charge is 0.506 e. The number of halogens is 3. The second-order valence-electron chi connectivity index (χ2n) is 3.54. The quantitative estimate of drug-likeness (QED) is 0.712. The van der Waals surface area contributed by atoms with Crippen LogP contribution in [0.1, 0.15) is 18.4 Å². The third-order valence-electron chi connectivity index (χ3n) is 2.46. The molecule has 1 aliphatic carbocycles. The van der Waals surface area contributed by atoms with Gasteiger partial charge in [0.25, 0.3) is 0 Å². The van der Waals surface area contributed by atoms with Gasteiger partial charge in [-0.1, -0.05) is 11.6 Å². The van der Waals surface area contributed by atoms with Gasteiger partial charge in [0.05, 0.1) is 0 Å². The van der Waals surface area contributed by atoms with Crippen LogP contribution in [-0.2, 0) is 5.54 Å². The van der Waals surface area contributed by atoms with E-state index in [1.54, 1.807) is 0 Å². The van der Waals surface area contributed by atoms with Crippen molar-refractivity contribution in [1.29, 1.82) is 0 Å². The molecule has 0 spiro atoms. The molecule has 2 rings (SSSR count). The van der Waals surface area contributed by atoms with Crippen molar-refractivity contribution < 1.29 is 13.9 Å². The van der Waals surface area contributed by atoms with E-state index in [0.29, 0.717) is 12.8 Å². The van der Waals surface area contributed by atoms with Crippen LogP contribution >= 0.6 is 11.6 Å². The summed E-state index contributed by atoms with van der Waals surface area (Å²) in [5.74, 6) is -2.78.